The molecule has 8 heteroatoms. The van der Waals surface area contributed by atoms with Crippen molar-refractivity contribution in [2.24, 2.45) is 5.92 Å². The van der Waals surface area contributed by atoms with E-state index in [0.29, 0.717) is 6.54 Å². The van der Waals surface area contributed by atoms with Crippen LogP contribution < -0.4 is 10.8 Å². The van der Waals surface area contributed by atoms with Crippen LogP contribution >= 0.6 is 0 Å². The van der Waals surface area contributed by atoms with E-state index >= 15 is 0 Å². The highest BCUT2D eigenvalue weighted by molar-refractivity contribution is 6.62. The van der Waals surface area contributed by atoms with Crippen molar-refractivity contribution in [3.63, 3.8) is 0 Å². The molecule has 0 bridgehead atoms. The predicted octanol–water partition coefficient (Wildman–Crippen LogP) is 3.24. The minimum absolute atomic E-state index is 0.114. The number of fused-ring (bicyclic) bond motifs is 1. The summed E-state index contributed by atoms with van der Waals surface area (Å²) < 4.78 is 14.5. The summed E-state index contributed by atoms with van der Waals surface area (Å²) in [6.45, 7) is 12.3. The topological polar surface area (TPSA) is 68.6 Å². The number of rotatable bonds is 5. The molecule has 7 nitrogen and oxygen atoms in total. The lowest BCUT2D eigenvalue weighted by molar-refractivity contribution is -0.129. The Hall–Kier alpha value is -2.32. The third kappa shape index (κ3) is 3.95. The SMILES string of the molecule is CC(=O)N1CCc2c(c(Nc3ccc(B4OC(C)(C)C(C)(C)O4)cc3)nn2CC2CC2)C1. The quantitative estimate of drug-likeness (QED) is 0.729. The first kappa shape index (κ1) is 21.5. The maximum Gasteiger partial charge on any atom is 0.494 e. The van der Waals surface area contributed by atoms with Crippen LogP contribution in [0, 0.1) is 5.92 Å². The maximum atomic E-state index is 12.0. The number of anilines is 2. The van der Waals surface area contributed by atoms with Crippen LogP contribution in [0.15, 0.2) is 24.3 Å². The third-order valence-corrected chi connectivity index (χ3v) is 7.41. The number of nitrogens with zero attached hydrogens (tertiary/aromatic N) is 3. The molecule has 32 heavy (non-hydrogen) atoms. The highest BCUT2D eigenvalue weighted by atomic mass is 16.7. The molecule has 0 unspecified atom stereocenters. The Morgan fingerprint density at radius 2 is 1.81 bits per heavy atom. The number of hydrogen-bond acceptors (Lipinski definition) is 5. The smallest absolute Gasteiger partial charge is 0.399 e. The second-order valence-electron chi connectivity index (χ2n) is 10.4. The Kier molecular flexibility index (Phi) is 5.13. The molecule has 1 saturated heterocycles. The van der Waals surface area contributed by atoms with Gasteiger partial charge in [0.25, 0.3) is 0 Å². The van der Waals surface area contributed by atoms with Gasteiger partial charge in [-0.15, -0.1) is 0 Å². The predicted molar refractivity (Wildman–Crippen MR) is 125 cm³/mol. The molecule has 1 saturated carbocycles. The summed E-state index contributed by atoms with van der Waals surface area (Å²) in [5.41, 5.74) is 3.66. The number of hydrogen-bond donors (Lipinski definition) is 1. The zero-order chi connectivity index (χ0) is 22.7. The fraction of sp³-hybridized carbons (Fsp3) is 0.583. The van der Waals surface area contributed by atoms with Gasteiger partial charge in [0, 0.05) is 43.4 Å². The van der Waals surface area contributed by atoms with Gasteiger partial charge in [0.1, 0.15) is 0 Å². The van der Waals surface area contributed by atoms with Crippen LogP contribution in [0.5, 0.6) is 0 Å². The summed E-state index contributed by atoms with van der Waals surface area (Å²) in [5, 5.41) is 8.42. The molecule has 1 aromatic heterocycles. The van der Waals surface area contributed by atoms with Crippen molar-refractivity contribution in [1.29, 1.82) is 0 Å². The molecule has 0 spiro atoms. The molecule has 0 atom stereocenters. The largest absolute Gasteiger partial charge is 0.494 e. The van der Waals surface area contributed by atoms with E-state index in [1.807, 2.05) is 29.2 Å². The van der Waals surface area contributed by atoms with Crippen molar-refractivity contribution in [2.75, 3.05) is 11.9 Å². The first-order valence-electron chi connectivity index (χ1n) is 11.7. The second kappa shape index (κ2) is 7.63. The summed E-state index contributed by atoms with van der Waals surface area (Å²) in [7, 11) is -0.372. The van der Waals surface area contributed by atoms with Gasteiger partial charge in [-0.3, -0.25) is 9.48 Å². The number of aromatic nitrogens is 2. The summed E-state index contributed by atoms with van der Waals surface area (Å²) >= 11 is 0. The summed E-state index contributed by atoms with van der Waals surface area (Å²) in [5.74, 6) is 1.72. The van der Waals surface area contributed by atoms with Gasteiger partial charge in [0.15, 0.2) is 5.82 Å². The number of nitrogens with one attached hydrogen (secondary N) is 1. The highest BCUT2D eigenvalue weighted by Crippen LogP contribution is 2.37. The lowest BCUT2D eigenvalue weighted by Crippen LogP contribution is -2.41. The average Bonchev–Trinajstić information content (AvgIpc) is 3.44. The van der Waals surface area contributed by atoms with Gasteiger partial charge < -0.3 is 19.5 Å². The van der Waals surface area contributed by atoms with E-state index < -0.39 is 0 Å². The van der Waals surface area contributed by atoms with E-state index in [1.165, 1.54) is 18.5 Å². The molecule has 2 fully saturated rings. The maximum absolute atomic E-state index is 12.0. The molecule has 170 valence electrons. The lowest BCUT2D eigenvalue weighted by atomic mass is 9.79. The van der Waals surface area contributed by atoms with Gasteiger partial charge in [-0.05, 0) is 64.1 Å². The third-order valence-electron chi connectivity index (χ3n) is 7.41. The Labute approximate surface area is 190 Å². The van der Waals surface area contributed by atoms with E-state index in [0.717, 1.165) is 48.0 Å². The minimum atomic E-state index is -0.372. The number of benzene rings is 1. The van der Waals surface area contributed by atoms with Gasteiger partial charge in [-0.2, -0.15) is 5.10 Å². The molecule has 2 aromatic rings. The monoisotopic (exact) mass is 436 g/mol. The zero-order valence-electron chi connectivity index (χ0n) is 19.8. The van der Waals surface area contributed by atoms with Crippen molar-refractivity contribution >= 4 is 30.0 Å². The van der Waals surface area contributed by atoms with E-state index in [1.54, 1.807) is 6.92 Å². The molecule has 5 rings (SSSR count). The van der Waals surface area contributed by atoms with E-state index in [-0.39, 0.29) is 24.2 Å². The van der Waals surface area contributed by atoms with Gasteiger partial charge in [-0.1, -0.05) is 12.1 Å². The number of carbonyl (C=O) groups is 1. The van der Waals surface area contributed by atoms with Crippen LogP contribution in [0.2, 0.25) is 0 Å². The van der Waals surface area contributed by atoms with Crippen molar-refractivity contribution in [3.8, 4) is 0 Å². The Balaban J connectivity index is 1.36. The summed E-state index contributed by atoms with van der Waals surface area (Å²) in [6, 6.07) is 8.16. The fourth-order valence-corrected chi connectivity index (χ4v) is 4.40. The van der Waals surface area contributed by atoms with Crippen LogP contribution in [-0.4, -0.2) is 45.5 Å². The molecule has 1 amide bonds. The van der Waals surface area contributed by atoms with E-state index in [9.17, 15) is 4.79 Å². The normalized spacial score (nSPS) is 21.5. The van der Waals surface area contributed by atoms with Crippen molar-refractivity contribution < 1.29 is 14.1 Å². The zero-order valence-corrected chi connectivity index (χ0v) is 19.8. The molecule has 3 heterocycles. The molecule has 1 aliphatic carbocycles. The molecule has 1 aromatic carbocycles. The van der Waals surface area contributed by atoms with Gasteiger partial charge in [0.05, 0.1) is 17.7 Å². The molecule has 0 radical (unpaired) electrons. The molecule has 1 N–H and O–H groups in total. The summed E-state index contributed by atoms with van der Waals surface area (Å²) in [4.78, 5) is 13.9. The molecular formula is C24H33BN4O3. The van der Waals surface area contributed by atoms with Crippen LogP contribution in [0.1, 0.15) is 58.7 Å². The molecular weight excluding hydrogens is 403 g/mol. The van der Waals surface area contributed by atoms with Gasteiger partial charge in [0.2, 0.25) is 5.91 Å². The molecule has 3 aliphatic rings. The Morgan fingerprint density at radius 3 is 2.41 bits per heavy atom. The standard InChI is InChI=1S/C24H33BN4O3/c1-16(30)28-13-12-21-20(15-28)22(27-29(21)14-17-6-7-17)26-19-10-8-18(9-11-19)25-31-23(2,3)24(4,5)32-25/h8-11,17H,6-7,12-15H2,1-5H3,(H,26,27). The Bertz CT molecular complexity index is 1010. The molecule has 2 aliphatic heterocycles. The van der Waals surface area contributed by atoms with Crippen LogP contribution in [-0.2, 0) is 33.6 Å². The van der Waals surface area contributed by atoms with Crippen LogP contribution in [0.4, 0.5) is 11.5 Å². The van der Waals surface area contributed by atoms with E-state index in [2.05, 4.69) is 37.7 Å². The average molecular weight is 436 g/mol. The first-order chi connectivity index (χ1) is 15.1. The first-order valence-corrected chi connectivity index (χ1v) is 11.7. The van der Waals surface area contributed by atoms with Crippen molar-refractivity contribution in [3.05, 3.63) is 35.5 Å². The summed E-state index contributed by atoms with van der Waals surface area (Å²) in [6.07, 6.45) is 3.44. The lowest BCUT2D eigenvalue weighted by Gasteiger charge is -2.32. The van der Waals surface area contributed by atoms with Crippen molar-refractivity contribution in [1.82, 2.24) is 14.7 Å². The van der Waals surface area contributed by atoms with E-state index in [4.69, 9.17) is 14.4 Å². The number of amides is 1. The second-order valence-corrected chi connectivity index (χ2v) is 10.4. The minimum Gasteiger partial charge on any atom is -0.399 e. The van der Waals surface area contributed by atoms with Gasteiger partial charge in [-0.25, -0.2) is 0 Å². The van der Waals surface area contributed by atoms with Crippen LogP contribution in [0.25, 0.3) is 0 Å². The number of carbonyl (C=O) groups excluding carboxylic acids is 1. The fourth-order valence-electron chi connectivity index (χ4n) is 4.40. The highest BCUT2D eigenvalue weighted by Gasteiger charge is 2.51. The van der Waals surface area contributed by atoms with Crippen molar-refractivity contribution in [2.45, 2.75) is 78.2 Å². The van der Waals surface area contributed by atoms with Gasteiger partial charge >= 0.3 is 7.12 Å². The Morgan fingerprint density at radius 1 is 1.16 bits per heavy atom. The van der Waals surface area contributed by atoms with Crippen LogP contribution in [0.3, 0.4) is 0 Å².